The third-order valence-corrected chi connectivity index (χ3v) is 6.91. The minimum absolute atomic E-state index is 0. The van der Waals surface area contributed by atoms with E-state index in [2.05, 4.69) is 17.6 Å². The first-order valence-electron chi connectivity index (χ1n) is 8.80. The summed E-state index contributed by atoms with van der Waals surface area (Å²) < 4.78 is 25.0. The van der Waals surface area contributed by atoms with Crippen LogP contribution in [0.5, 0.6) is 0 Å². The molecule has 5 nitrogen and oxygen atoms in total. The van der Waals surface area contributed by atoms with Crippen molar-refractivity contribution in [3.8, 4) is 0 Å². The first-order chi connectivity index (χ1) is 11.5. The molecule has 1 aromatic carbocycles. The van der Waals surface area contributed by atoms with Gasteiger partial charge in [-0.3, -0.25) is 4.79 Å². The third kappa shape index (κ3) is 4.96. The second-order valence-corrected chi connectivity index (χ2v) is 9.11. The molecule has 2 N–H and O–H groups in total. The Kier molecular flexibility index (Phi) is 6.88. The number of benzene rings is 1. The summed E-state index contributed by atoms with van der Waals surface area (Å²) in [6.07, 6.45) is 4.12. The topological polar surface area (TPSA) is 75.3 Å². The van der Waals surface area contributed by atoms with Crippen molar-refractivity contribution >= 4 is 28.2 Å². The van der Waals surface area contributed by atoms with Crippen molar-refractivity contribution in [1.29, 1.82) is 0 Å². The molecular formula is C18H27ClN2O3S. The maximum absolute atomic E-state index is 12.5. The zero-order valence-corrected chi connectivity index (χ0v) is 16.2. The quantitative estimate of drug-likeness (QED) is 0.810. The van der Waals surface area contributed by atoms with Gasteiger partial charge in [0, 0.05) is 19.0 Å². The van der Waals surface area contributed by atoms with Crippen molar-refractivity contribution in [3.05, 3.63) is 29.3 Å². The van der Waals surface area contributed by atoms with Crippen LogP contribution in [0.2, 0.25) is 0 Å². The molecule has 0 radical (unpaired) electrons. The van der Waals surface area contributed by atoms with E-state index < -0.39 is 9.84 Å². The number of sulfone groups is 1. The highest BCUT2D eigenvalue weighted by Crippen LogP contribution is 2.25. The number of rotatable bonds is 5. The lowest BCUT2D eigenvalue weighted by Crippen LogP contribution is -2.50. The summed E-state index contributed by atoms with van der Waals surface area (Å²) in [5, 5.41) is 6.23. The van der Waals surface area contributed by atoms with E-state index in [1.807, 2.05) is 6.07 Å². The van der Waals surface area contributed by atoms with E-state index in [0.717, 1.165) is 44.3 Å². The standard InChI is InChI=1S/C18H26N2O3S.ClH/c1-13-7-9-19-12-17(13)20-18(21)8-10-24(22,23)16-6-5-14-3-2-4-15(14)11-16;/h5-6,11,13,17,19H,2-4,7-10,12H2,1H3,(H,20,21);1H. The molecule has 0 saturated carbocycles. The minimum Gasteiger partial charge on any atom is -0.352 e. The Morgan fingerprint density at radius 1 is 1.28 bits per heavy atom. The molecule has 7 heteroatoms. The SMILES string of the molecule is CC1CCNCC1NC(=O)CCS(=O)(=O)c1ccc2c(c1)CCC2.Cl. The Hall–Kier alpha value is -1.11. The van der Waals surface area contributed by atoms with Crippen LogP contribution in [0.25, 0.3) is 0 Å². The van der Waals surface area contributed by atoms with Gasteiger partial charge in [-0.2, -0.15) is 0 Å². The van der Waals surface area contributed by atoms with Crippen LogP contribution in [0.4, 0.5) is 0 Å². The predicted octanol–water partition coefficient (Wildman–Crippen LogP) is 1.88. The summed E-state index contributed by atoms with van der Waals surface area (Å²) in [5.74, 6) is 0.107. The smallest absolute Gasteiger partial charge is 0.221 e. The third-order valence-electron chi connectivity index (χ3n) is 5.20. The number of aryl methyl sites for hydroxylation is 2. The molecule has 0 spiro atoms. The lowest BCUT2D eigenvalue weighted by molar-refractivity contribution is -0.121. The number of carbonyl (C=O) groups excluding carboxylic acids is 1. The Labute approximate surface area is 156 Å². The highest BCUT2D eigenvalue weighted by molar-refractivity contribution is 7.91. The first kappa shape index (κ1) is 20.2. The number of fused-ring (bicyclic) bond motifs is 1. The fourth-order valence-corrected chi connectivity index (χ4v) is 4.84. The minimum atomic E-state index is -3.41. The van der Waals surface area contributed by atoms with E-state index in [0.29, 0.717) is 10.8 Å². The lowest BCUT2D eigenvalue weighted by Gasteiger charge is -2.30. The van der Waals surface area contributed by atoms with Crippen molar-refractivity contribution in [3.63, 3.8) is 0 Å². The number of nitrogens with one attached hydrogen (secondary N) is 2. The van der Waals surface area contributed by atoms with Gasteiger partial charge in [-0.15, -0.1) is 12.4 Å². The average molecular weight is 387 g/mol. The summed E-state index contributed by atoms with van der Waals surface area (Å²) in [5.41, 5.74) is 2.40. The molecule has 140 valence electrons. The van der Waals surface area contributed by atoms with E-state index in [-0.39, 0.29) is 36.5 Å². The maximum atomic E-state index is 12.5. The van der Waals surface area contributed by atoms with Crippen LogP contribution >= 0.6 is 12.4 Å². The zero-order chi connectivity index (χ0) is 17.2. The molecule has 1 aliphatic heterocycles. The number of piperidine rings is 1. The van der Waals surface area contributed by atoms with Crippen LogP contribution in [-0.4, -0.2) is 39.2 Å². The zero-order valence-electron chi connectivity index (χ0n) is 14.6. The van der Waals surface area contributed by atoms with Gasteiger partial charge in [0.15, 0.2) is 9.84 Å². The molecule has 2 aliphatic rings. The van der Waals surface area contributed by atoms with E-state index in [1.165, 1.54) is 5.56 Å². The van der Waals surface area contributed by atoms with E-state index >= 15 is 0 Å². The van der Waals surface area contributed by atoms with Gasteiger partial charge in [-0.25, -0.2) is 8.42 Å². The molecule has 1 aromatic rings. The highest BCUT2D eigenvalue weighted by atomic mass is 35.5. The van der Waals surface area contributed by atoms with E-state index in [1.54, 1.807) is 12.1 Å². The Bertz CT molecular complexity index is 721. The molecule has 25 heavy (non-hydrogen) atoms. The monoisotopic (exact) mass is 386 g/mol. The fourth-order valence-electron chi connectivity index (χ4n) is 3.55. The number of amides is 1. The van der Waals surface area contributed by atoms with Crippen LogP contribution in [0.3, 0.4) is 0 Å². The van der Waals surface area contributed by atoms with Gasteiger partial charge in [0.25, 0.3) is 0 Å². The van der Waals surface area contributed by atoms with Gasteiger partial charge >= 0.3 is 0 Å². The number of hydrogen-bond acceptors (Lipinski definition) is 4. The van der Waals surface area contributed by atoms with Crippen molar-refractivity contribution in [2.24, 2.45) is 5.92 Å². The number of halogens is 1. The summed E-state index contributed by atoms with van der Waals surface area (Å²) in [7, 11) is -3.41. The Morgan fingerprint density at radius 2 is 2.04 bits per heavy atom. The van der Waals surface area contributed by atoms with Gasteiger partial charge in [-0.1, -0.05) is 13.0 Å². The van der Waals surface area contributed by atoms with Crippen LogP contribution in [0, 0.1) is 5.92 Å². The Balaban J connectivity index is 0.00000225. The molecule has 0 bridgehead atoms. The molecule has 2 unspecified atom stereocenters. The van der Waals surface area contributed by atoms with Crippen molar-refractivity contribution in [2.75, 3.05) is 18.8 Å². The van der Waals surface area contributed by atoms with Crippen LogP contribution in [0.1, 0.15) is 37.3 Å². The molecular weight excluding hydrogens is 360 g/mol. The highest BCUT2D eigenvalue weighted by Gasteiger charge is 2.24. The molecule has 1 aliphatic carbocycles. The first-order valence-corrected chi connectivity index (χ1v) is 10.5. The van der Waals surface area contributed by atoms with Crippen molar-refractivity contribution < 1.29 is 13.2 Å². The van der Waals surface area contributed by atoms with Crippen LogP contribution < -0.4 is 10.6 Å². The van der Waals surface area contributed by atoms with Crippen molar-refractivity contribution in [1.82, 2.24) is 10.6 Å². The van der Waals surface area contributed by atoms with E-state index in [9.17, 15) is 13.2 Å². The molecule has 3 rings (SSSR count). The Morgan fingerprint density at radius 3 is 2.80 bits per heavy atom. The average Bonchev–Trinajstić information content (AvgIpc) is 3.03. The molecule has 1 fully saturated rings. The van der Waals surface area contributed by atoms with Gasteiger partial charge in [0.1, 0.15) is 0 Å². The normalized spacial score (nSPS) is 22.8. The molecule has 1 heterocycles. The van der Waals surface area contributed by atoms with Crippen LogP contribution in [0.15, 0.2) is 23.1 Å². The summed E-state index contributed by atoms with van der Waals surface area (Å²) in [4.78, 5) is 12.5. The molecule has 2 atom stereocenters. The van der Waals surface area contributed by atoms with Crippen LogP contribution in [-0.2, 0) is 27.5 Å². The largest absolute Gasteiger partial charge is 0.352 e. The van der Waals surface area contributed by atoms with Crippen molar-refractivity contribution in [2.45, 2.75) is 50.0 Å². The second-order valence-electron chi connectivity index (χ2n) is 7.00. The predicted molar refractivity (Wildman–Crippen MR) is 101 cm³/mol. The lowest BCUT2D eigenvalue weighted by atomic mass is 9.95. The molecule has 1 amide bonds. The van der Waals surface area contributed by atoms with Gasteiger partial charge < -0.3 is 10.6 Å². The number of hydrogen-bond donors (Lipinski definition) is 2. The second kappa shape index (κ2) is 8.52. The fraction of sp³-hybridized carbons (Fsp3) is 0.611. The number of carbonyl (C=O) groups is 1. The van der Waals surface area contributed by atoms with Gasteiger partial charge in [0.2, 0.25) is 5.91 Å². The summed E-state index contributed by atoms with van der Waals surface area (Å²) >= 11 is 0. The van der Waals surface area contributed by atoms with E-state index in [4.69, 9.17) is 0 Å². The molecule has 0 aromatic heterocycles. The van der Waals surface area contributed by atoms with Gasteiger partial charge in [-0.05, 0) is 61.4 Å². The summed E-state index contributed by atoms with van der Waals surface area (Å²) in [6, 6.07) is 5.49. The van der Waals surface area contributed by atoms with Gasteiger partial charge in [0.05, 0.1) is 10.6 Å². The summed E-state index contributed by atoms with van der Waals surface area (Å²) in [6.45, 7) is 3.85. The maximum Gasteiger partial charge on any atom is 0.221 e. The molecule has 1 saturated heterocycles.